The molecule has 3 nitrogen and oxygen atoms in total. The van der Waals surface area contributed by atoms with Crippen molar-refractivity contribution in [1.29, 1.82) is 0 Å². The standard InChI is InChI=1S/C13H20N2O/c1-3-16-12-4-5-13(10(2)8-12)15-11-6-7-14-9-11/h4-5,8,11,14-15H,3,6-7,9H2,1-2H3. The van der Waals surface area contributed by atoms with Crippen LogP contribution in [0.15, 0.2) is 18.2 Å². The van der Waals surface area contributed by atoms with Crippen molar-refractivity contribution >= 4 is 5.69 Å². The number of rotatable bonds is 4. The van der Waals surface area contributed by atoms with E-state index in [1.807, 2.05) is 13.0 Å². The van der Waals surface area contributed by atoms with Crippen LogP contribution in [-0.4, -0.2) is 25.7 Å². The molecule has 0 saturated carbocycles. The van der Waals surface area contributed by atoms with E-state index in [-0.39, 0.29) is 0 Å². The molecule has 0 bridgehead atoms. The molecule has 1 fully saturated rings. The first-order chi connectivity index (χ1) is 7.79. The van der Waals surface area contributed by atoms with Crippen LogP contribution in [0.3, 0.4) is 0 Å². The van der Waals surface area contributed by atoms with E-state index in [2.05, 4.69) is 29.7 Å². The van der Waals surface area contributed by atoms with E-state index < -0.39 is 0 Å². The lowest BCUT2D eigenvalue weighted by molar-refractivity contribution is 0.340. The minimum Gasteiger partial charge on any atom is -0.494 e. The first kappa shape index (κ1) is 11.3. The summed E-state index contributed by atoms with van der Waals surface area (Å²) < 4.78 is 5.47. The molecular weight excluding hydrogens is 200 g/mol. The topological polar surface area (TPSA) is 33.3 Å². The Morgan fingerprint density at radius 2 is 2.38 bits per heavy atom. The lowest BCUT2D eigenvalue weighted by atomic mass is 10.1. The largest absolute Gasteiger partial charge is 0.494 e. The van der Waals surface area contributed by atoms with E-state index in [0.717, 1.165) is 25.4 Å². The Bertz CT molecular complexity index is 346. The molecule has 1 aliphatic heterocycles. The fraction of sp³-hybridized carbons (Fsp3) is 0.538. The van der Waals surface area contributed by atoms with Crippen LogP contribution in [0.25, 0.3) is 0 Å². The zero-order valence-corrected chi connectivity index (χ0v) is 10.0. The molecule has 3 heteroatoms. The lowest BCUT2D eigenvalue weighted by Crippen LogP contribution is -2.22. The molecule has 0 aliphatic carbocycles. The van der Waals surface area contributed by atoms with Gasteiger partial charge in [-0.15, -0.1) is 0 Å². The highest BCUT2D eigenvalue weighted by molar-refractivity contribution is 5.54. The third kappa shape index (κ3) is 2.67. The molecule has 88 valence electrons. The number of aryl methyl sites for hydroxylation is 1. The predicted octanol–water partition coefficient (Wildman–Crippen LogP) is 2.17. The second kappa shape index (κ2) is 5.21. The van der Waals surface area contributed by atoms with Crippen molar-refractivity contribution in [2.75, 3.05) is 25.0 Å². The summed E-state index contributed by atoms with van der Waals surface area (Å²) in [6.45, 7) is 7.03. The Morgan fingerprint density at radius 1 is 1.50 bits per heavy atom. The summed E-state index contributed by atoms with van der Waals surface area (Å²) in [5.41, 5.74) is 2.47. The number of hydrogen-bond acceptors (Lipinski definition) is 3. The number of nitrogens with one attached hydrogen (secondary N) is 2. The summed E-state index contributed by atoms with van der Waals surface area (Å²) in [6.07, 6.45) is 1.20. The number of benzene rings is 1. The van der Waals surface area contributed by atoms with Gasteiger partial charge < -0.3 is 15.4 Å². The first-order valence-electron chi connectivity index (χ1n) is 6.00. The van der Waals surface area contributed by atoms with Gasteiger partial charge in [0.1, 0.15) is 5.75 Å². The maximum Gasteiger partial charge on any atom is 0.119 e. The molecule has 0 amide bonds. The second-order valence-electron chi connectivity index (χ2n) is 4.24. The SMILES string of the molecule is CCOc1ccc(NC2CCNC2)c(C)c1. The minimum absolute atomic E-state index is 0.566. The quantitative estimate of drug-likeness (QED) is 0.816. The van der Waals surface area contributed by atoms with Crippen LogP contribution in [0.5, 0.6) is 5.75 Å². The Balaban J connectivity index is 2.03. The summed E-state index contributed by atoms with van der Waals surface area (Å²) in [4.78, 5) is 0. The van der Waals surface area contributed by atoms with Gasteiger partial charge in [0.2, 0.25) is 0 Å². The van der Waals surface area contributed by atoms with Crippen molar-refractivity contribution < 1.29 is 4.74 Å². The molecule has 1 aromatic carbocycles. The van der Waals surface area contributed by atoms with Crippen molar-refractivity contribution in [1.82, 2.24) is 5.32 Å². The predicted molar refractivity (Wildman–Crippen MR) is 67.2 cm³/mol. The maximum atomic E-state index is 5.47. The number of hydrogen-bond donors (Lipinski definition) is 2. The highest BCUT2D eigenvalue weighted by Gasteiger charge is 2.14. The average molecular weight is 220 g/mol. The molecule has 1 atom stereocenters. The molecule has 1 heterocycles. The molecule has 0 spiro atoms. The van der Waals surface area contributed by atoms with Gasteiger partial charge in [0, 0.05) is 18.3 Å². The smallest absolute Gasteiger partial charge is 0.119 e. The van der Waals surface area contributed by atoms with Crippen molar-refractivity contribution in [3.05, 3.63) is 23.8 Å². The van der Waals surface area contributed by atoms with E-state index in [9.17, 15) is 0 Å². The second-order valence-corrected chi connectivity index (χ2v) is 4.24. The molecule has 1 unspecified atom stereocenters. The third-order valence-electron chi connectivity index (χ3n) is 2.93. The van der Waals surface area contributed by atoms with Gasteiger partial charge in [0.05, 0.1) is 6.61 Å². The molecule has 1 saturated heterocycles. The lowest BCUT2D eigenvalue weighted by Gasteiger charge is -2.16. The molecule has 1 aromatic rings. The molecule has 0 radical (unpaired) electrons. The van der Waals surface area contributed by atoms with Crippen LogP contribution < -0.4 is 15.4 Å². The highest BCUT2D eigenvalue weighted by atomic mass is 16.5. The summed E-state index contributed by atoms with van der Waals surface area (Å²) in [5.74, 6) is 0.954. The van der Waals surface area contributed by atoms with Gasteiger partial charge in [0.25, 0.3) is 0 Å². The van der Waals surface area contributed by atoms with Crippen LogP contribution in [0.2, 0.25) is 0 Å². The Morgan fingerprint density at radius 3 is 3.00 bits per heavy atom. The van der Waals surface area contributed by atoms with Crippen LogP contribution in [0.4, 0.5) is 5.69 Å². The molecule has 2 rings (SSSR count). The zero-order chi connectivity index (χ0) is 11.4. The molecular formula is C13H20N2O. The van der Waals surface area contributed by atoms with Gasteiger partial charge in [-0.3, -0.25) is 0 Å². The Kier molecular flexibility index (Phi) is 3.67. The Labute approximate surface area is 97.2 Å². The van der Waals surface area contributed by atoms with E-state index >= 15 is 0 Å². The molecule has 16 heavy (non-hydrogen) atoms. The van der Waals surface area contributed by atoms with E-state index in [4.69, 9.17) is 4.74 Å². The van der Waals surface area contributed by atoms with Gasteiger partial charge in [-0.25, -0.2) is 0 Å². The summed E-state index contributed by atoms with van der Waals surface area (Å²) in [6, 6.07) is 6.80. The van der Waals surface area contributed by atoms with E-state index in [1.165, 1.54) is 17.7 Å². The average Bonchev–Trinajstić information content (AvgIpc) is 2.75. The molecule has 1 aliphatic rings. The van der Waals surface area contributed by atoms with Crippen LogP contribution in [0.1, 0.15) is 18.9 Å². The van der Waals surface area contributed by atoms with Crippen molar-refractivity contribution in [2.24, 2.45) is 0 Å². The summed E-state index contributed by atoms with van der Waals surface area (Å²) in [5, 5.41) is 6.92. The van der Waals surface area contributed by atoms with Crippen LogP contribution in [-0.2, 0) is 0 Å². The van der Waals surface area contributed by atoms with Gasteiger partial charge in [-0.1, -0.05) is 0 Å². The van der Waals surface area contributed by atoms with Gasteiger partial charge in [-0.2, -0.15) is 0 Å². The third-order valence-corrected chi connectivity index (χ3v) is 2.93. The van der Waals surface area contributed by atoms with Crippen LogP contribution in [0, 0.1) is 6.92 Å². The zero-order valence-electron chi connectivity index (χ0n) is 10.0. The van der Waals surface area contributed by atoms with E-state index in [1.54, 1.807) is 0 Å². The van der Waals surface area contributed by atoms with E-state index in [0.29, 0.717) is 6.04 Å². The monoisotopic (exact) mass is 220 g/mol. The minimum atomic E-state index is 0.566. The number of anilines is 1. The summed E-state index contributed by atoms with van der Waals surface area (Å²) in [7, 11) is 0. The highest BCUT2D eigenvalue weighted by Crippen LogP contribution is 2.22. The van der Waals surface area contributed by atoms with Gasteiger partial charge in [0.15, 0.2) is 0 Å². The van der Waals surface area contributed by atoms with Gasteiger partial charge >= 0.3 is 0 Å². The van der Waals surface area contributed by atoms with Crippen LogP contribution >= 0.6 is 0 Å². The van der Waals surface area contributed by atoms with Gasteiger partial charge in [-0.05, 0) is 50.6 Å². The van der Waals surface area contributed by atoms with Crippen molar-refractivity contribution in [3.8, 4) is 5.75 Å². The fourth-order valence-corrected chi connectivity index (χ4v) is 2.05. The maximum absolute atomic E-state index is 5.47. The molecule has 2 N–H and O–H groups in total. The number of ether oxygens (including phenoxy) is 1. The van der Waals surface area contributed by atoms with Crippen molar-refractivity contribution in [3.63, 3.8) is 0 Å². The summed E-state index contributed by atoms with van der Waals surface area (Å²) >= 11 is 0. The Hall–Kier alpha value is -1.22. The fourth-order valence-electron chi connectivity index (χ4n) is 2.05. The molecule has 0 aromatic heterocycles. The first-order valence-corrected chi connectivity index (χ1v) is 6.00. The van der Waals surface area contributed by atoms with Crippen molar-refractivity contribution in [2.45, 2.75) is 26.3 Å². The normalized spacial score (nSPS) is 19.8.